The van der Waals surface area contributed by atoms with Crippen molar-refractivity contribution in [3.8, 4) is 22.8 Å². The fourth-order valence-corrected chi connectivity index (χ4v) is 6.30. The molecule has 0 bridgehead atoms. The number of pyridine rings is 1. The minimum absolute atomic E-state index is 0.00800. The van der Waals surface area contributed by atoms with Gasteiger partial charge in [-0.2, -0.15) is 5.10 Å². The number of rotatable bonds is 7. The predicted octanol–water partition coefficient (Wildman–Crippen LogP) is 3.78. The minimum atomic E-state index is -4.01. The standard InChI is InChI=1S/C23H26ClN5O6S2/c1-23(2,3)36(30,31)20-13-29-18(11-25-21(29)9-19(20)34-5)14-7-16(24)22(35-6)17(8-14)27-37(32,33)15-10-26-28(4)12-15/h7-13,27H,1-6H3. The van der Waals surface area contributed by atoms with E-state index in [1.54, 1.807) is 38.3 Å². The maximum atomic E-state index is 13.3. The van der Waals surface area contributed by atoms with E-state index in [0.717, 1.165) is 0 Å². The second-order valence-electron chi connectivity index (χ2n) is 9.19. The average Bonchev–Trinajstić information content (AvgIpc) is 3.43. The lowest BCUT2D eigenvalue weighted by molar-refractivity contribution is 0.401. The summed E-state index contributed by atoms with van der Waals surface area (Å²) in [4.78, 5) is 4.33. The van der Waals surface area contributed by atoms with Gasteiger partial charge in [0, 0.05) is 31.1 Å². The fourth-order valence-electron chi connectivity index (χ4n) is 3.66. The first kappa shape index (κ1) is 26.8. The second-order valence-corrected chi connectivity index (χ2v) is 13.9. The highest BCUT2D eigenvalue weighted by molar-refractivity contribution is 7.93. The number of aryl methyl sites for hydroxylation is 1. The van der Waals surface area contributed by atoms with Gasteiger partial charge in [-0.1, -0.05) is 11.6 Å². The first-order valence-corrected chi connectivity index (χ1v) is 14.2. The Morgan fingerprint density at radius 3 is 2.27 bits per heavy atom. The van der Waals surface area contributed by atoms with Crippen molar-refractivity contribution in [2.24, 2.45) is 7.05 Å². The van der Waals surface area contributed by atoms with Gasteiger partial charge < -0.3 is 9.47 Å². The van der Waals surface area contributed by atoms with Crippen molar-refractivity contribution >= 4 is 42.8 Å². The Hall–Kier alpha value is -3.29. The number of fused-ring (bicyclic) bond motifs is 1. The summed E-state index contributed by atoms with van der Waals surface area (Å²) in [7, 11) is -3.44. The summed E-state index contributed by atoms with van der Waals surface area (Å²) < 4.78 is 67.6. The molecule has 3 aromatic heterocycles. The Morgan fingerprint density at radius 1 is 1.00 bits per heavy atom. The van der Waals surface area contributed by atoms with Crippen LogP contribution in [0.2, 0.25) is 5.02 Å². The van der Waals surface area contributed by atoms with Gasteiger partial charge in [0.2, 0.25) is 0 Å². The first-order valence-electron chi connectivity index (χ1n) is 10.9. The number of sulfone groups is 1. The van der Waals surface area contributed by atoms with Gasteiger partial charge in [-0.05, 0) is 32.9 Å². The number of anilines is 1. The molecule has 0 amide bonds. The van der Waals surface area contributed by atoms with Gasteiger partial charge in [-0.25, -0.2) is 21.8 Å². The Morgan fingerprint density at radius 2 is 1.70 bits per heavy atom. The number of hydrogen-bond acceptors (Lipinski definition) is 8. The highest BCUT2D eigenvalue weighted by Crippen LogP contribution is 2.40. The van der Waals surface area contributed by atoms with Crippen LogP contribution in [0.3, 0.4) is 0 Å². The number of aromatic nitrogens is 4. The van der Waals surface area contributed by atoms with Crippen LogP contribution in [0.25, 0.3) is 16.9 Å². The third-order valence-electron chi connectivity index (χ3n) is 5.67. The van der Waals surface area contributed by atoms with Crippen LogP contribution < -0.4 is 14.2 Å². The number of nitrogens with zero attached hydrogens (tertiary/aromatic N) is 4. The van der Waals surface area contributed by atoms with Crippen molar-refractivity contribution in [1.82, 2.24) is 19.2 Å². The molecular weight excluding hydrogens is 542 g/mol. The highest BCUT2D eigenvalue weighted by Gasteiger charge is 2.34. The van der Waals surface area contributed by atoms with Crippen LogP contribution >= 0.6 is 11.6 Å². The number of methoxy groups -OCH3 is 2. The van der Waals surface area contributed by atoms with E-state index < -0.39 is 24.6 Å². The molecule has 0 saturated heterocycles. The molecule has 0 atom stereocenters. The summed E-state index contributed by atoms with van der Waals surface area (Å²) in [5, 5.41) is 4.04. The number of ether oxygens (including phenoxy) is 2. The zero-order valence-electron chi connectivity index (χ0n) is 21.0. The third kappa shape index (κ3) is 4.74. The van der Waals surface area contributed by atoms with Crippen molar-refractivity contribution in [3.63, 3.8) is 0 Å². The van der Waals surface area contributed by atoms with Gasteiger partial charge in [-0.3, -0.25) is 13.8 Å². The van der Waals surface area contributed by atoms with Crippen molar-refractivity contribution in [1.29, 1.82) is 0 Å². The van der Waals surface area contributed by atoms with Gasteiger partial charge in [0.1, 0.15) is 21.2 Å². The molecular formula is C23H26ClN5O6S2. The van der Waals surface area contributed by atoms with Crippen LogP contribution in [0, 0.1) is 0 Å². The normalized spacial score (nSPS) is 12.6. The van der Waals surface area contributed by atoms with E-state index in [1.807, 2.05) is 0 Å². The topological polar surface area (TPSA) is 134 Å². The van der Waals surface area contributed by atoms with Crippen LogP contribution in [0.15, 0.2) is 52.8 Å². The lowest BCUT2D eigenvalue weighted by Gasteiger charge is -2.21. The van der Waals surface area contributed by atoms with E-state index >= 15 is 0 Å². The van der Waals surface area contributed by atoms with Gasteiger partial charge in [-0.15, -0.1) is 0 Å². The van der Waals surface area contributed by atoms with Gasteiger partial charge in [0.05, 0.1) is 47.8 Å². The number of nitrogens with one attached hydrogen (secondary N) is 1. The van der Waals surface area contributed by atoms with E-state index in [0.29, 0.717) is 16.9 Å². The van der Waals surface area contributed by atoms with E-state index in [-0.39, 0.29) is 32.0 Å². The van der Waals surface area contributed by atoms with E-state index in [4.69, 9.17) is 21.1 Å². The molecule has 0 saturated carbocycles. The maximum Gasteiger partial charge on any atom is 0.265 e. The molecule has 14 heteroatoms. The summed E-state index contributed by atoms with van der Waals surface area (Å²) in [5.74, 6) is 0.279. The number of hydrogen-bond donors (Lipinski definition) is 1. The Labute approximate surface area is 220 Å². The van der Waals surface area contributed by atoms with Crippen molar-refractivity contribution in [2.45, 2.75) is 35.3 Å². The SMILES string of the molecule is COc1cc2ncc(-c3cc(Cl)c(OC)c(NS(=O)(=O)c4cnn(C)c4)c3)n2cc1S(=O)(=O)C(C)(C)C. The van der Waals surface area contributed by atoms with Crippen molar-refractivity contribution in [2.75, 3.05) is 18.9 Å². The first-order chi connectivity index (χ1) is 17.2. The molecule has 11 nitrogen and oxygen atoms in total. The smallest absolute Gasteiger partial charge is 0.265 e. The number of sulfonamides is 1. The van der Waals surface area contributed by atoms with Crippen molar-refractivity contribution < 1.29 is 26.3 Å². The zero-order valence-corrected chi connectivity index (χ0v) is 23.4. The summed E-state index contributed by atoms with van der Waals surface area (Å²) in [6.07, 6.45) is 5.54. The number of halogens is 1. The van der Waals surface area contributed by atoms with Crippen molar-refractivity contribution in [3.05, 3.63) is 48.0 Å². The zero-order chi connectivity index (χ0) is 27.3. The Bertz CT molecular complexity index is 1720. The van der Waals surface area contributed by atoms with Crippen LogP contribution in [-0.2, 0) is 26.9 Å². The molecule has 0 unspecified atom stereocenters. The van der Waals surface area contributed by atoms with Crippen LogP contribution in [0.1, 0.15) is 20.8 Å². The van der Waals surface area contributed by atoms with Crippen LogP contribution in [0.4, 0.5) is 5.69 Å². The molecule has 4 rings (SSSR count). The lowest BCUT2D eigenvalue weighted by atomic mass is 10.1. The molecule has 0 aliphatic rings. The van der Waals surface area contributed by atoms with Crippen LogP contribution in [-0.4, -0.2) is 55.0 Å². The average molecular weight is 568 g/mol. The molecule has 0 fully saturated rings. The summed E-state index contributed by atoms with van der Waals surface area (Å²) >= 11 is 6.47. The quantitative estimate of drug-likeness (QED) is 0.356. The lowest BCUT2D eigenvalue weighted by Crippen LogP contribution is -2.28. The summed E-state index contributed by atoms with van der Waals surface area (Å²) in [5.41, 5.74) is 1.44. The summed E-state index contributed by atoms with van der Waals surface area (Å²) in [6, 6.07) is 4.64. The number of benzene rings is 1. The largest absolute Gasteiger partial charge is 0.495 e. The molecule has 1 aromatic carbocycles. The van der Waals surface area contributed by atoms with E-state index in [9.17, 15) is 16.8 Å². The van der Waals surface area contributed by atoms with Gasteiger partial charge in [0.15, 0.2) is 15.6 Å². The second kappa shape index (κ2) is 9.23. The molecule has 0 aliphatic carbocycles. The predicted molar refractivity (Wildman–Crippen MR) is 140 cm³/mol. The molecule has 0 spiro atoms. The monoisotopic (exact) mass is 567 g/mol. The molecule has 1 N–H and O–H groups in total. The molecule has 4 aromatic rings. The molecule has 198 valence electrons. The highest BCUT2D eigenvalue weighted by atomic mass is 35.5. The van der Waals surface area contributed by atoms with Gasteiger partial charge >= 0.3 is 0 Å². The van der Waals surface area contributed by atoms with E-state index in [2.05, 4.69) is 14.8 Å². The number of imidazole rings is 1. The third-order valence-corrected chi connectivity index (χ3v) is 9.77. The van der Waals surface area contributed by atoms with Crippen LogP contribution in [0.5, 0.6) is 11.5 Å². The van der Waals surface area contributed by atoms with E-state index in [1.165, 1.54) is 55.8 Å². The molecule has 0 aliphatic heterocycles. The molecule has 0 radical (unpaired) electrons. The Kier molecular flexibility index (Phi) is 6.67. The summed E-state index contributed by atoms with van der Waals surface area (Å²) in [6.45, 7) is 4.81. The molecule has 3 heterocycles. The maximum absolute atomic E-state index is 13.3. The minimum Gasteiger partial charge on any atom is -0.495 e. The fraction of sp³-hybridized carbons (Fsp3) is 0.304. The van der Waals surface area contributed by atoms with Gasteiger partial charge in [0.25, 0.3) is 10.0 Å². The Balaban J connectivity index is 1.90. The molecule has 37 heavy (non-hydrogen) atoms.